The molecule has 0 radical (unpaired) electrons. The third-order valence-corrected chi connectivity index (χ3v) is 2.23. The summed E-state index contributed by atoms with van der Waals surface area (Å²) in [7, 11) is 0. The van der Waals surface area contributed by atoms with Gasteiger partial charge in [0.2, 0.25) is 0 Å². The minimum Gasteiger partial charge on any atom is -0.298 e. The van der Waals surface area contributed by atoms with Crippen LogP contribution in [0, 0.1) is 6.92 Å². The SMILES string of the molecule is CCCCc1ccc(C)cc1C=O. The van der Waals surface area contributed by atoms with Crippen molar-refractivity contribution in [2.24, 2.45) is 0 Å². The van der Waals surface area contributed by atoms with Crippen LogP contribution >= 0.6 is 0 Å². The molecule has 0 aliphatic heterocycles. The Morgan fingerprint density at radius 1 is 1.38 bits per heavy atom. The molecule has 1 heteroatoms. The Bertz CT molecular complexity index is 289. The van der Waals surface area contributed by atoms with E-state index < -0.39 is 0 Å². The molecule has 0 heterocycles. The first-order valence-electron chi connectivity index (χ1n) is 4.82. The van der Waals surface area contributed by atoms with E-state index in [1.807, 2.05) is 13.0 Å². The van der Waals surface area contributed by atoms with Crippen LogP contribution < -0.4 is 0 Å². The Kier molecular flexibility index (Phi) is 3.69. The van der Waals surface area contributed by atoms with Crippen LogP contribution in [-0.2, 0) is 6.42 Å². The van der Waals surface area contributed by atoms with Gasteiger partial charge >= 0.3 is 0 Å². The largest absolute Gasteiger partial charge is 0.298 e. The highest BCUT2D eigenvalue weighted by Crippen LogP contribution is 2.12. The highest BCUT2D eigenvalue weighted by atomic mass is 16.1. The molecule has 0 N–H and O–H groups in total. The predicted molar refractivity (Wildman–Crippen MR) is 55.2 cm³/mol. The first-order valence-corrected chi connectivity index (χ1v) is 4.82. The van der Waals surface area contributed by atoms with Gasteiger partial charge < -0.3 is 0 Å². The molecule has 1 rings (SSSR count). The lowest BCUT2D eigenvalue weighted by molar-refractivity contribution is 0.112. The van der Waals surface area contributed by atoms with E-state index in [0.717, 1.165) is 30.3 Å². The number of rotatable bonds is 4. The summed E-state index contributed by atoms with van der Waals surface area (Å²) in [5.74, 6) is 0. The highest BCUT2D eigenvalue weighted by molar-refractivity contribution is 5.77. The first kappa shape index (κ1) is 9.97. The second kappa shape index (κ2) is 4.80. The van der Waals surface area contributed by atoms with E-state index in [-0.39, 0.29) is 0 Å². The Balaban J connectivity index is 2.86. The van der Waals surface area contributed by atoms with Gasteiger partial charge in [-0.1, -0.05) is 31.0 Å². The summed E-state index contributed by atoms with van der Waals surface area (Å²) in [5.41, 5.74) is 3.19. The number of aryl methyl sites for hydroxylation is 2. The van der Waals surface area contributed by atoms with Crippen molar-refractivity contribution in [2.75, 3.05) is 0 Å². The molecular weight excluding hydrogens is 160 g/mol. The maximum Gasteiger partial charge on any atom is 0.150 e. The minimum absolute atomic E-state index is 0.855. The predicted octanol–water partition coefficient (Wildman–Crippen LogP) is 3.15. The van der Waals surface area contributed by atoms with Crippen LogP contribution in [0.4, 0.5) is 0 Å². The quantitative estimate of drug-likeness (QED) is 0.644. The number of hydrogen-bond acceptors (Lipinski definition) is 1. The summed E-state index contributed by atoms with van der Waals surface area (Å²) in [6.07, 6.45) is 4.30. The van der Waals surface area contributed by atoms with Crippen molar-refractivity contribution in [1.29, 1.82) is 0 Å². The van der Waals surface area contributed by atoms with Crippen LogP contribution in [0.15, 0.2) is 18.2 Å². The number of carbonyl (C=O) groups is 1. The standard InChI is InChI=1S/C12H16O/c1-3-4-5-11-7-6-10(2)8-12(11)9-13/h6-9H,3-5H2,1-2H3. The van der Waals surface area contributed by atoms with Gasteiger partial charge in [-0.2, -0.15) is 0 Å². The molecule has 0 aliphatic carbocycles. The summed E-state index contributed by atoms with van der Waals surface area (Å²) >= 11 is 0. The Hall–Kier alpha value is -1.11. The number of unbranched alkanes of at least 4 members (excludes halogenated alkanes) is 1. The van der Waals surface area contributed by atoms with Gasteiger partial charge in [0.15, 0.2) is 0 Å². The van der Waals surface area contributed by atoms with Crippen LogP contribution in [0.1, 0.15) is 41.3 Å². The van der Waals surface area contributed by atoms with Crippen molar-refractivity contribution in [2.45, 2.75) is 33.1 Å². The smallest absolute Gasteiger partial charge is 0.150 e. The monoisotopic (exact) mass is 176 g/mol. The van der Waals surface area contributed by atoms with E-state index in [1.165, 1.54) is 12.0 Å². The van der Waals surface area contributed by atoms with E-state index in [1.54, 1.807) is 0 Å². The van der Waals surface area contributed by atoms with Crippen molar-refractivity contribution in [3.8, 4) is 0 Å². The molecule has 0 spiro atoms. The van der Waals surface area contributed by atoms with Gasteiger partial charge in [-0.3, -0.25) is 4.79 Å². The molecule has 0 unspecified atom stereocenters. The summed E-state index contributed by atoms with van der Waals surface area (Å²) in [6.45, 7) is 4.17. The molecular formula is C12H16O. The van der Waals surface area contributed by atoms with E-state index in [2.05, 4.69) is 19.1 Å². The molecule has 0 atom stereocenters. The van der Waals surface area contributed by atoms with Gasteiger partial charge in [0, 0.05) is 5.56 Å². The summed E-state index contributed by atoms with van der Waals surface area (Å²) < 4.78 is 0. The van der Waals surface area contributed by atoms with E-state index in [9.17, 15) is 4.79 Å². The average molecular weight is 176 g/mol. The maximum absolute atomic E-state index is 10.7. The van der Waals surface area contributed by atoms with Gasteiger partial charge in [0.1, 0.15) is 6.29 Å². The Morgan fingerprint density at radius 3 is 2.77 bits per heavy atom. The van der Waals surface area contributed by atoms with E-state index in [0.29, 0.717) is 0 Å². The lowest BCUT2D eigenvalue weighted by Crippen LogP contribution is -1.93. The lowest BCUT2D eigenvalue weighted by atomic mass is 10.0. The third-order valence-electron chi connectivity index (χ3n) is 2.23. The van der Waals surface area contributed by atoms with Gasteiger partial charge in [0.05, 0.1) is 0 Å². The average Bonchev–Trinajstić information content (AvgIpc) is 2.16. The van der Waals surface area contributed by atoms with Crippen molar-refractivity contribution in [1.82, 2.24) is 0 Å². The molecule has 0 saturated carbocycles. The Morgan fingerprint density at radius 2 is 2.15 bits per heavy atom. The molecule has 0 saturated heterocycles. The normalized spacial score (nSPS) is 10.0. The van der Waals surface area contributed by atoms with Gasteiger partial charge in [-0.05, 0) is 31.4 Å². The molecule has 0 bridgehead atoms. The zero-order valence-corrected chi connectivity index (χ0v) is 8.34. The molecule has 1 aromatic carbocycles. The van der Waals surface area contributed by atoms with Crippen molar-refractivity contribution in [3.05, 3.63) is 34.9 Å². The molecule has 1 aromatic rings. The number of hydrogen-bond donors (Lipinski definition) is 0. The zero-order valence-electron chi connectivity index (χ0n) is 8.34. The summed E-state index contributed by atoms with van der Waals surface area (Å²) in [4.78, 5) is 10.7. The van der Waals surface area contributed by atoms with E-state index >= 15 is 0 Å². The van der Waals surface area contributed by atoms with Crippen molar-refractivity contribution in [3.63, 3.8) is 0 Å². The van der Waals surface area contributed by atoms with Gasteiger partial charge in [-0.25, -0.2) is 0 Å². The van der Waals surface area contributed by atoms with Gasteiger partial charge in [-0.15, -0.1) is 0 Å². The topological polar surface area (TPSA) is 17.1 Å². The second-order valence-electron chi connectivity index (χ2n) is 3.42. The number of benzene rings is 1. The van der Waals surface area contributed by atoms with Crippen molar-refractivity contribution < 1.29 is 4.79 Å². The number of aldehydes is 1. The molecule has 0 aromatic heterocycles. The number of carbonyl (C=O) groups excluding carboxylic acids is 1. The van der Waals surface area contributed by atoms with Crippen LogP contribution in [0.3, 0.4) is 0 Å². The Labute approximate surface area is 79.8 Å². The molecule has 13 heavy (non-hydrogen) atoms. The highest BCUT2D eigenvalue weighted by Gasteiger charge is 2.00. The molecule has 0 fully saturated rings. The van der Waals surface area contributed by atoms with Crippen LogP contribution in [-0.4, -0.2) is 6.29 Å². The third kappa shape index (κ3) is 2.69. The van der Waals surface area contributed by atoms with Crippen molar-refractivity contribution >= 4 is 6.29 Å². The fourth-order valence-corrected chi connectivity index (χ4v) is 1.42. The molecule has 0 aliphatic rings. The zero-order chi connectivity index (χ0) is 9.68. The summed E-state index contributed by atoms with van der Waals surface area (Å²) in [6, 6.07) is 6.09. The van der Waals surface area contributed by atoms with Gasteiger partial charge in [0.25, 0.3) is 0 Å². The molecule has 70 valence electrons. The fraction of sp³-hybridized carbons (Fsp3) is 0.417. The van der Waals surface area contributed by atoms with Crippen LogP contribution in [0.2, 0.25) is 0 Å². The molecule has 1 nitrogen and oxygen atoms in total. The van der Waals surface area contributed by atoms with Crippen LogP contribution in [0.5, 0.6) is 0 Å². The van der Waals surface area contributed by atoms with Crippen LogP contribution in [0.25, 0.3) is 0 Å². The first-order chi connectivity index (χ1) is 6.27. The lowest BCUT2D eigenvalue weighted by Gasteiger charge is -2.04. The molecule has 0 amide bonds. The maximum atomic E-state index is 10.7. The second-order valence-corrected chi connectivity index (χ2v) is 3.42. The fourth-order valence-electron chi connectivity index (χ4n) is 1.42. The summed E-state index contributed by atoms with van der Waals surface area (Å²) in [5, 5.41) is 0. The minimum atomic E-state index is 0.855. The van der Waals surface area contributed by atoms with E-state index in [4.69, 9.17) is 0 Å².